The van der Waals surface area contributed by atoms with E-state index in [0.29, 0.717) is 0 Å². The average molecular weight is 162 g/mol. The average Bonchev–Trinajstić information content (AvgIpc) is 2.50. The van der Waals surface area contributed by atoms with Crippen LogP contribution in [0.4, 0.5) is 0 Å². The Kier molecular flexibility index (Phi) is 2.75. The van der Waals surface area contributed by atoms with E-state index >= 15 is 0 Å². The van der Waals surface area contributed by atoms with Crippen molar-refractivity contribution in [3.05, 3.63) is 0 Å². The zero-order valence-electron chi connectivity index (χ0n) is 5.41. The lowest BCUT2D eigenvalue weighted by atomic mass is 10.4. The summed E-state index contributed by atoms with van der Waals surface area (Å²) in [6, 6.07) is 0. The molecule has 0 spiro atoms. The Hall–Kier alpha value is 0.200. The van der Waals surface area contributed by atoms with Gasteiger partial charge in [0.05, 0.1) is 0 Å². The molecular weight excluding hydrogens is 152 g/mol. The van der Waals surface area contributed by atoms with Gasteiger partial charge in [-0.2, -0.15) is 5.01 Å². The molecule has 9 heavy (non-hydrogen) atoms. The molecule has 0 aliphatic heterocycles. The molecule has 0 aromatic heterocycles. The van der Waals surface area contributed by atoms with Crippen molar-refractivity contribution in [3.63, 3.8) is 0 Å². The van der Waals surface area contributed by atoms with Crippen LogP contribution >= 0.6 is 0 Å². The third-order valence-corrected chi connectivity index (χ3v) is 1.94. The molecule has 0 bridgehead atoms. The van der Waals surface area contributed by atoms with Gasteiger partial charge in [0, 0.05) is 34.9 Å². The van der Waals surface area contributed by atoms with Crippen LogP contribution in [0.1, 0.15) is 12.8 Å². The fourth-order valence-corrected chi connectivity index (χ4v) is 1.29. The van der Waals surface area contributed by atoms with Gasteiger partial charge < -0.3 is 0 Å². The zero-order chi connectivity index (χ0) is 6.69. The molecule has 1 aliphatic carbocycles. The number of nitrogens with zero attached hydrogens (tertiary/aromatic N) is 2. The number of hydrogen-bond donors (Lipinski definition) is 0. The first kappa shape index (κ1) is 7.31. The summed E-state index contributed by atoms with van der Waals surface area (Å²) < 4.78 is 3.97. The van der Waals surface area contributed by atoms with Crippen molar-refractivity contribution in [1.82, 2.24) is 5.01 Å². The van der Waals surface area contributed by atoms with E-state index in [2.05, 4.69) is 15.7 Å². The van der Waals surface area contributed by atoms with E-state index in [9.17, 15) is 0 Å². The molecule has 0 atom stereocenters. The Morgan fingerprint density at radius 1 is 1.78 bits per heavy atom. The maximum Gasteiger partial charge on any atom is 0.0477 e. The van der Waals surface area contributed by atoms with Gasteiger partial charge in [0.2, 0.25) is 0 Å². The van der Waals surface area contributed by atoms with E-state index in [4.69, 9.17) is 0 Å². The highest BCUT2D eigenvalue weighted by Crippen LogP contribution is 2.29. The third kappa shape index (κ3) is 3.03. The first-order valence-electron chi connectivity index (χ1n) is 3.04. The summed E-state index contributed by atoms with van der Waals surface area (Å²) in [4.78, 5) is 0. The van der Waals surface area contributed by atoms with Crippen LogP contribution in [0.15, 0.2) is 4.47 Å². The normalized spacial score (nSPS) is 18.0. The second-order valence-corrected chi connectivity index (χ2v) is 3.20. The van der Waals surface area contributed by atoms with E-state index < -0.39 is 0 Å². The maximum absolute atomic E-state index is 4.61. The van der Waals surface area contributed by atoms with Crippen LogP contribution in [0, 0.1) is 5.92 Å². The van der Waals surface area contributed by atoms with Gasteiger partial charge in [-0.15, -0.1) is 4.47 Å². The van der Waals surface area contributed by atoms with Gasteiger partial charge in [0.25, 0.3) is 0 Å². The summed E-state index contributed by atoms with van der Waals surface area (Å²) in [6.45, 7) is 1.09. The molecule has 0 saturated heterocycles. The van der Waals surface area contributed by atoms with Gasteiger partial charge in [-0.1, -0.05) is 0 Å². The minimum Gasteiger partial charge on any atom is -0.192 e. The van der Waals surface area contributed by atoms with Crippen molar-refractivity contribution >= 4 is 21.3 Å². The number of hydrogen-bond acceptors (Lipinski definition) is 2. The quantitative estimate of drug-likeness (QED) is 0.575. The van der Waals surface area contributed by atoms with E-state index in [0.717, 1.165) is 22.6 Å². The lowest BCUT2D eigenvalue weighted by Crippen LogP contribution is -2.12. The van der Waals surface area contributed by atoms with E-state index in [1.54, 1.807) is 0 Å². The number of rotatable bonds is 3. The molecular formula is C5H10N2S2. The van der Waals surface area contributed by atoms with Gasteiger partial charge in [0.1, 0.15) is 0 Å². The minimum atomic E-state index is 0.904. The summed E-state index contributed by atoms with van der Waals surface area (Å²) in [7, 11) is 3.08. The largest absolute Gasteiger partial charge is 0.192 e. The molecule has 1 fully saturated rings. The van der Waals surface area contributed by atoms with Crippen LogP contribution in [0.3, 0.4) is 0 Å². The Labute approximate surface area is 63.6 Å². The third-order valence-electron chi connectivity index (χ3n) is 1.39. The molecule has 0 radical (unpaired) electrons. The van der Waals surface area contributed by atoms with Crippen LogP contribution < -0.4 is 0 Å². The van der Waals surface area contributed by atoms with Crippen LogP contribution in [-0.2, 0) is 21.3 Å². The predicted octanol–water partition coefficient (Wildman–Crippen LogP) is 0.971. The van der Waals surface area contributed by atoms with Gasteiger partial charge in [0.15, 0.2) is 0 Å². The molecule has 0 amide bonds. The van der Waals surface area contributed by atoms with E-state index in [1.807, 2.05) is 12.1 Å². The van der Waals surface area contributed by atoms with Gasteiger partial charge in [-0.25, -0.2) is 0 Å². The first-order valence-corrected chi connectivity index (χ1v) is 4.74. The van der Waals surface area contributed by atoms with Crippen LogP contribution in [0.2, 0.25) is 0 Å². The minimum absolute atomic E-state index is 0.904. The lowest BCUT2D eigenvalue weighted by Gasteiger charge is -2.04. The summed E-state index contributed by atoms with van der Waals surface area (Å²) >= 11 is 4.61. The highest BCUT2D eigenvalue weighted by atomic mass is 32.8. The molecule has 1 rings (SSSR count). The zero-order valence-corrected chi connectivity index (χ0v) is 7.04. The van der Waals surface area contributed by atoms with Crippen molar-refractivity contribution in [1.29, 1.82) is 0 Å². The summed E-state index contributed by atoms with van der Waals surface area (Å²) in [5, 5.41) is 1.93. The van der Waals surface area contributed by atoms with E-state index in [1.165, 1.54) is 12.8 Å². The monoisotopic (exact) mass is 162 g/mol. The Morgan fingerprint density at radius 3 is 2.89 bits per heavy atom. The highest BCUT2D eigenvalue weighted by Gasteiger charge is 2.22. The molecule has 0 aromatic rings. The topological polar surface area (TPSA) is 15.6 Å². The Bertz CT molecular complexity index is 138. The van der Waals surface area contributed by atoms with Crippen LogP contribution in [0.25, 0.3) is 0 Å². The molecule has 2 nitrogen and oxygen atoms in total. The fraction of sp³-hybridized carbons (Fsp3) is 1.00. The second-order valence-electron chi connectivity index (χ2n) is 2.44. The molecule has 0 unspecified atom stereocenters. The Balaban J connectivity index is 2.16. The maximum atomic E-state index is 4.61. The van der Waals surface area contributed by atoms with Crippen molar-refractivity contribution in [2.24, 2.45) is 10.4 Å². The van der Waals surface area contributed by atoms with E-state index in [-0.39, 0.29) is 0 Å². The molecule has 52 valence electrons. The van der Waals surface area contributed by atoms with Crippen molar-refractivity contribution < 1.29 is 0 Å². The van der Waals surface area contributed by atoms with Crippen molar-refractivity contribution in [2.45, 2.75) is 12.8 Å². The highest BCUT2D eigenvalue weighted by molar-refractivity contribution is 8.12. The molecule has 0 aromatic carbocycles. The van der Waals surface area contributed by atoms with Crippen LogP contribution in [-0.4, -0.2) is 18.6 Å². The second kappa shape index (κ2) is 3.39. The van der Waals surface area contributed by atoms with Crippen LogP contribution in [0.5, 0.6) is 0 Å². The molecule has 4 heteroatoms. The van der Waals surface area contributed by atoms with Gasteiger partial charge >= 0.3 is 0 Å². The predicted molar refractivity (Wildman–Crippen MR) is 42.5 cm³/mol. The molecule has 0 heterocycles. The lowest BCUT2D eigenvalue weighted by molar-refractivity contribution is 0.346. The molecule has 1 aliphatic rings. The summed E-state index contributed by atoms with van der Waals surface area (Å²) in [5.74, 6) is 0.904. The smallest absolute Gasteiger partial charge is 0.0477 e. The van der Waals surface area contributed by atoms with Gasteiger partial charge in [-0.05, 0) is 18.8 Å². The molecule has 1 saturated carbocycles. The fourth-order valence-electron chi connectivity index (χ4n) is 0.764. The van der Waals surface area contributed by atoms with Crippen molar-refractivity contribution in [3.8, 4) is 0 Å². The Morgan fingerprint density at radius 2 is 2.44 bits per heavy atom. The standard InChI is InChI=1S/C5H10N2S2/c1-7(6-9-8)4-5-2-3-5/h5H,2-4H2,1H3. The van der Waals surface area contributed by atoms with Crippen molar-refractivity contribution in [2.75, 3.05) is 13.6 Å². The SMILES string of the molecule is CN(CC1CC1)N=S=S. The first-order chi connectivity index (χ1) is 4.33. The summed E-state index contributed by atoms with van der Waals surface area (Å²) in [5.41, 5.74) is 0. The summed E-state index contributed by atoms with van der Waals surface area (Å²) in [6.07, 6.45) is 2.75. The molecule has 0 N–H and O–H groups in total. The van der Waals surface area contributed by atoms with Gasteiger partial charge in [-0.3, -0.25) is 0 Å².